The van der Waals surface area contributed by atoms with Crippen LogP contribution in [0.15, 0.2) is 24.3 Å². The summed E-state index contributed by atoms with van der Waals surface area (Å²) in [6, 6.07) is 9.59. The lowest BCUT2D eigenvalue weighted by atomic mass is 9.83. The van der Waals surface area contributed by atoms with E-state index in [9.17, 15) is 0 Å². The molecule has 1 unspecified atom stereocenters. The summed E-state index contributed by atoms with van der Waals surface area (Å²) in [7, 11) is 2.11. The Morgan fingerprint density at radius 3 is 2.67 bits per heavy atom. The van der Waals surface area contributed by atoms with Crippen molar-refractivity contribution in [1.82, 2.24) is 5.32 Å². The molecular weight excluding hydrogens is 218 g/mol. The lowest BCUT2D eigenvalue weighted by Gasteiger charge is -2.26. The summed E-state index contributed by atoms with van der Waals surface area (Å²) in [5.41, 5.74) is 2.85. The lowest BCUT2D eigenvalue weighted by Crippen LogP contribution is -2.30. The molecule has 1 aromatic carbocycles. The Balaban J connectivity index is 1.88. The Kier molecular flexibility index (Phi) is 5.25. The highest BCUT2D eigenvalue weighted by molar-refractivity contribution is 5.23. The molecular formula is C17H27N. The molecule has 0 spiro atoms. The molecule has 2 rings (SSSR count). The standard InChI is InChI=1S/C17H27N/c1-14-7-6-10-16(11-14)13-17(18-2)12-15-8-4-3-5-9-15/h6-7,10-11,15,17-18H,3-5,8-9,12-13H2,1-2H3. The molecule has 0 aliphatic heterocycles. The largest absolute Gasteiger partial charge is 0.317 e. The van der Waals surface area contributed by atoms with E-state index in [1.807, 2.05) is 0 Å². The molecule has 0 saturated heterocycles. The number of nitrogens with one attached hydrogen (secondary N) is 1. The van der Waals surface area contributed by atoms with Gasteiger partial charge in [0.05, 0.1) is 0 Å². The van der Waals surface area contributed by atoms with Crippen molar-refractivity contribution in [2.75, 3.05) is 7.05 Å². The third-order valence-electron chi connectivity index (χ3n) is 4.32. The Morgan fingerprint density at radius 1 is 1.22 bits per heavy atom. The molecule has 1 saturated carbocycles. The SMILES string of the molecule is CNC(Cc1cccc(C)c1)CC1CCCCC1. The zero-order valence-electron chi connectivity index (χ0n) is 11.9. The van der Waals surface area contributed by atoms with E-state index in [-0.39, 0.29) is 0 Å². The van der Waals surface area contributed by atoms with Crippen LogP contribution in [0.25, 0.3) is 0 Å². The molecule has 1 aliphatic carbocycles. The van der Waals surface area contributed by atoms with Crippen LogP contribution in [0.5, 0.6) is 0 Å². The number of hydrogen-bond acceptors (Lipinski definition) is 1. The first-order valence-electron chi connectivity index (χ1n) is 7.50. The quantitative estimate of drug-likeness (QED) is 0.823. The predicted octanol–water partition coefficient (Wildman–Crippen LogP) is 4.10. The fourth-order valence-electron chi connectivity index (χ4n) is 3.25. The molecule has 1 N–H and O–H groups in total. The highest BCUT2D eigenvalue weighted by Gasteiger charge is 2.18. The smallest absolute Gasteiger partial charge is 0.0107 e. The van der Waals surface area contributed by atoms with Crippen molar-refractivity contribution in [2.24, 2.45) is 5.92 Å². The predicted molar refractivity (Wildman–Crippen MR) is 78.9 cm³/mol. The highest BCUT2D eigenvalue weighted by atomic mass is 14.9. The average Bonchev–Trinajstić information content (AvgIpc) is 2.39. The number of rotatable bonds is 5. The third-order valence-corrected chi connectivity index (χ3v) is 4.32. The van der Waals surface area contributed by atoms with Crippen LogP contribution in [0.2, 0.25) is 0 Å². The van der Waals surface area contributed by atoms with Crippen molar-refractivity contribution in [3.05, 3.63) is 35.4 Å². The van der Waals surface area contributed by atoms with Crippen LogP contribution in [0.3, 0.4) is 0 Å². The summed E-state index contributed by atoms with van der Waals surface area (Å²) in [4.78, 5) is 0. The van der Waals surface area contributed by atoms with Crippen LogP contribution >= 0.6 is 0 Å². The van der Waals surface area contributed by atoms with Crippen molar-refractivity contribution in [2.45, 2.75) is 57.9 Å². The Labute approximate surface area is 112 Å². The average molecular weight is 245 g/mol. The third kappa shape index (κ3) is 4.13. The van der Waals surface area contributed by atoms with Crippen LogP contribution in [-0.2, 0) is 6.42 Å². The van der Waals surface area contributed by atoms with E-state index in [2.05, 4.69) is 43.6 Å². The minimum atomic E-state index is 0.648. The summed E-state index contributed by atoms with van der Waals surface area (Å²) >= 11 is 0. The van der Waals surface area contributed by atoms with E-state index in [1.165, 1.54) is 56.1 Å². The Hall–Kier alpha value is -0.820. The summed E-state index contributed by atoms with van der Waals surface area (Å²) in [6.07, 6.45) is 9.78. The van der Waals surface area contributed by atoms with Gasteiger partial charge in [-0.05, 0) is 38.3 Å². The Morgan fingerprint density at radius 2 is 2.00 bits per heavy atom. The summed E-state index contributed by atoms with van der Waals surface area (Å²) < 4.78 is 0. The van der Waals surface area contributed by atoms with Crippen LogP contribution in [0, 0.1) is 12.8 Å². The van der Waals surface area contributed by atoms with Gasteiger partial charge in [0.15, 0.2) is 0 Å². The van der Waals surface area contributed by atoms with Crippen LogP contribution < -0.4 is 5.32 Å². The lowest BCUT2D eigenvalue weighted by molar-refractivity contribution is 0.302. The van der Waals surface area contributed by atoms with Gasteiger partial charge in [0.1, 0.15) is 0 Å². The van der Waals surface area contributed by atoms with Crippen LogP contribution in [0.1, 0.15) is 49.7 Å². The molecule has 0 radical (unpaired) electrons. The molecule has 1 aliphatic rings. The van der Waals surface area contributed by atoms with Gasteiger partial charge in [0, 0.05) is 6.04 Å². The van der Waals surface area contributed by atoms with Gasteiger partial charge < -0.3 is 5.32 Å². The van der Waals surface area contributed by atoms with Crippen molar-refractivity contribution < 1.29 is 0 Å². The molecule has 0 heterocycles. The number of hydrogen-bond donors (Lipinski definition) is 1. The van der Waals surface area contributed by atoms with Gasteiger partial charge in [-0.25, -0.2) is 0 Å². The zero-order chi connectivity index (χ0) is 12.8. The number of aryl methyl sites for hydroxylation is 1. The van der Waals surface area contributed by atoms with Crippen molar-refractivity contribution in [3.8, 4) is 0 Å². The first-order valence-corrected chi connectivity index (χ1v) is 7.50. The maximum Gasteiger partial charge on any atom is 0.0107 e. The topological polar surface area (TPSA) is 12.0 Å². The first kappa shape index (κ1) is 13.6. The molecule has 1 heteroatoms. The fourth-order valence-corrected chi connectivity index (χ4v) is 3.25. The van der Waals surface area contributed by atoms with E-state index in [0.29, 0.717) is 6.04 Å². The molecule has 100 valence electrons. The van der Waals surface area contributed by atoms with E-state index >= 15 is 0 Å². The summed E-state index contributed by atoms with van der Waals surface area (Å²) in [6.45, 7) is 2.18. The van der Waals surface area contributed by atoms with E-state index in [4.69, 9.17) is 0 Å². The molecule has 1 atom stereocenters. The van der Waals surface area contributed by atoms with Crippen LogP contribution in [0.4, 0.5) is 0 Å². The molecule has 1 nitrogen and oxygen atoms in total. The summed E-state index contributed by atoms with van der Waals surface area (Å²) in [5.74, 6) is 0.959. The second-order valence-electron chi connectivity index (χ2n) is 5.92. The van der Waals surface area contributed by atoms with Gasteiger partial charge in [0.25, 0.3) is 0 Å². The van der Waals surface area contributed by atoms with Gasteiger partial charge in [-0.15, -0.1) is 0 Å². The maximum absolute atomic E-state index is 3.52. The monoisotopic (exact) mass is 245 g/mol. The van der Waals surface area contributed by atoms with Gasteiger partial charge in [-0.2, -0.15) is 0 Å². The minimum absolute atomic E-state index is 0.648. The van der Waals surface area contributed by atoms with Crippen LogP contribution in [-0.4, -0.2) is 13.1 Å². The molecule has 0 aromatic heterocycles. The molecule has 1 aromatic rings. The molecule has 0 bridgehead atoms. The van der Waals surface area contributed by atoms with Crippen molar-refractivity contribution >= 4 is 0 Å². The van der Waals surface area contributed by atoms with Crippen molar-refractivity contribution in [3.63, 3.8) is 0 Å². The normalized spacial score (nSPS) is 18.8. The van der Waals surface area contributed by atoms with Crippen molar-refractivity contribution in [1.29, 1.82) is 0 Å². The van der Waals surface area contributed by atoms with Gasteiger partial charge in [-0.3, -0.25) is 0 Å². The van der Waals surface area contributed by atoms with E-state index in [1.54, 1.807) is 0 Å². The van der Waals surface area contributed by atoms with E-state index in [0.717, 1.165) is 5.92 Å². The summed E-state index contributed by atoms with van der Waals surface area (Å²) in [5, 5.41) is 3.52. The molecule has 0 amide bonds. The van der Waals surface area contributed by atoms with Gasteiger partial charge >= 0.3 is 0 Å². The zero-order valence-corrected chi connectivity index (χ0v) is 11.9. The fraction of sp³-hybridized carbons (Fsp3) is 0.647. The first-order chi connectivity index (χ1) is 8.78. The number of benzene rings is 1. The molecule has 1 fully saturated rings. The maximum atomic E-state index is 3.52. The number of likely N-dealkylation sites (N-methyl/N-ethyl adjacent to an activating group) is 1. The minimum Gasteiger partial charge on any atom is -0.317 e. The highest BCUT2D eigenvalue weighted by Crippen LogP contribution is 2.28. The second kappa shape index (κ2) is 6.94. The second-order valence-corrected chi connectivity index (χ2v) is 5.92. The van der Waals surface area contributed by atoms with Gasteiger partial charge in [-0.1, -0.05) is 61.9 Å². The van der Waals surface area contributed by atoms with E-state index < -0.39 is 0 Å². The molecule has 18 heavy (non-hydrogen) atoms. The van der Waals surface area contributed by atoms with Gasteiger partial charge in [0.2, 0.25) is 0 Å². The Bertz CT molecular complexity index is 352.